The van der Waals surface area contributed by atoms with Crippen LogP contribution in [-0.2, 0) is 14.3 Å². The van der Waals surface area contributed by atoms with E-state index in [0.717, 1.165) is 0 Å². The smallest absolute Gasteiger partial charge is 0.211 e. The summed E-state index contributed by atoms with van der Waals surface area (Å²) in [6.45, 7) is 12.3. The zero-order chi connectivity index (χ0) is 22.7. The predicted octanol–water partition coefficient (Wildman–Crippen LogP) is 1.37. The monoisotopic (exact) mass is 436 g/mol. The van der Waals surface area contributed by atoms with Gasteiger partial charge in [0, 0.05) is 11.8 Å². The van der Waals surface area contributed by atoms with E-state index >= 15 is 0 Å². The van der Waals surface area contributed by atoms with Crippen LogP contribution in [0.2, 0.25) is 0 Å². The molecule has 6 rings (SSSR count). The van der Waals surface area contributed by atoms with Crippen LogP contribution in [0.4, 0.5) is 0 Å². The van der Waals surface area contributed by atoms with Crippen molar-refractivity contribution < 1.29 is 34.7 Å². The Bertz CT molecular complexity index is 823. The van der Waals surface area contributed by atoms with Crippen LogP contribution in [0.25, 0.3) is 0 Å². The molecule has 6 fully saturated rings. The maximum atomic E-state index is 13.7. The number of aliphatic hydroxyl groups is 4. The quantitative estimate of drug-likeness (QED) is 0.494. The summed E-state index contributed by atoms with van der Waals surface area (Å²) in [6, 6.07) is 0. The number of ketones is 1. The third-order valence-electron chi connectivity index (χ3n) is 9.49. The van der Waals surface area contributed by atoms with Crippen LogP contribution in [0.1, 0.15) is 53.4 Å². The largest absolute Gasteiger partial charge is 0.392 e. The molecule has 0 unspecified atom stereocenters. The molecule has 2 heterocycles. The Morgan fingerprint density at radius 3 is 2.48 bits per heavy atom. The minimum atomic E-state index is -2.31. The molecule has 0 aromatic rings. The molecule has 0 radical (unpaired) electrons. The lowest BCUT2D eigenvalue weighted by Crippen LogP contribution is -2.88. The van der Waals surface area contributed by atoms with Crippen molar-refractivity contribution >= 4 is 5.78 Å². The van der Waals surface area contributed by atoms with Crippen LogP contribution in [0.3, 0.4) is 0 Å². The maximum Gasteiger partial charge on any atom is 0.211 e. The van der Waals surface area contributed by atoms with Crippen molar-refractivity contribution in [2.75, 3.05) is 6.61 Å². The molecule has 2 aliphatic heterocycles. The van der Waals surface area contributed by atoms with E-state index in [9.17, 15) is 25.2 Å². The molecular formula is C24H36O7. The first-order chi connectivity index (χ1) is 14.4. The normalized spacial score (nSPS) is 54.8. The van der Waals surface area contributed by atoms with Crippen molar-refractivity contribution in [3.63, 3.8) is 0 Å². The molecule has 2 saturated heterocycles. The van der Waals surface area contributed by atoms with Crippen LogP contribution in [0.5, 0.6) is 0 Å². The van der Waals surface area contributed by atoms with Crippen LogP contribution in [0.15, 0.2) is 12.2 Å². The van der Waals surface area contributed by atoms with Gasteiger partial charge in [0.1, 0.15) is 11.5 Å². The Morgan fingerprint density at radius 1 is 1.16 bits per heavy atom. The van der Waals surface area contributed by atoms with E-state index in [-0.39, 0.29) is 11.5 Å². The van der Waals surface area contributed by atoms with Gasteiger partial charge in [-0.3, -0.25) is 4.79 Å². The van der Waals surface area contributed by atoms with Gasteiger partial charge < -0.3 is 29.9 Å². The topological polar surface area (TPSA) is 116 Å². The van der Waals surface area contributed by atoms with E-state index in [1.807, 2.05) is 27.7 Å². The molecule has 2 spiro atoms. The number of Topliss-reactive ketones (excluding diaryl/α,β-unsaturated/α-hetero) is 1. The fraction of sp³-hybridized carbons (Fsp3) is 0.875. The second-order valence-corrected chi connectivity index (χ2v) is 11.7. The number of ether oxygens (including phenoxy) is 2. The molecule has 4 saturated carbocycles. The molecule has 4 bridgehead atoms. The third-order valence-corrected chi connectivity index (χ3v) is 9.49. The first-order valence-electron chi connectivity index (χ1n) is 11.7. The van der Waals surface area contributed by atoms with Gasteiger partial charge in [-0.05, 0) is 48.5 Å². The first-order valence-corrected chi connectivity index (χ1v) is 11.7. The Morgan fingerprint density at radius 2 is 1.84 bits per heavy atom. The van der Waals surface area contributed by atoms with Gasteiger partial charge in [-0.2, -0.15) is 0 Å². The SMILES string of the molecule is C=C1C(=O)[C@]23[C@H](CC[C@H]1[C@@H]2O)[C@]12[C@H](OCC(C)C)O[C@@]3(O)[C@H](O)[C@H]1C(C)(C)CC[C@H]2O. The molecule has 4 aliphatic carbocycles. The molecule has 10 atom stereocenters. The molecule has 7 heteroatoms. The van der Waals surface area contributed by atoms with E-state index in [0.29, 0.717) is 32.3 Å². The zero-order valence-corrected chi connectivity index (χ0v) is 18.9. The molecule has 0 aromatic heterocycles. The van der Waals surface area contributed by atoms with E-state index in [4.69, 9.17) is 9.47 Å². The minimum Gasteiger partial charge on any atom is -0.392 e. The average Bonchev–Trinajstić information content (AvgIpc) is 2.80. The summed E-state index contributed by atoms with van der Waals surface area (Å²) in [6.07, 6.45) is -2.34. The summed E-state index contributed by atoms with van der Waals surface area (Å²) in [5.41, 5.74) is -3.01. The second-order valence-electron chi connectivity index (χ2n) is 11.7. The fourth-order valence-corrected chi connectivity index (χ4v) is 8.39. The van der Waals surface area contributed by atoms with Gasteiger partial charge in [-0.25, -0.2) is 0 Å². The molecule has 0 amide bonds. The fourth-order valence-electron chi connectivity index (χ4n) is 8.39. The predicted molar refractivity (Wildman–Crippen MR) is 110 cm³/mol. The number of rotatable bonds is 3. The summed E-state index contributed by atoms with van der Waals surface area (Å²) in [5, 5.41) is 46.7. The van der Waals surface area contributed by atoms with Gasteiger partial charge in [0.25, 0.3) is 0 Å². The minimum absolute atomic E-state index is 0.190. The van der Waals surface area contributed by atoms with Crippen molar-refractivity contribution in [2.24, 2.45) is 39.9 Å². The van der Waals surface area contributed by atoms with Crippen molar-refractivity contribution in [2.45, 2.75) is 83.8 Å². The number of hydrogen-bond acceptors (Lipinski definition) is 7. The molecule has 174 valence electrons. The Kier molecular flexibility index (Phi) is 4.53. The van der Waals surface area contributed by atoms with E-state index in [2.05, 4.69) is 6.58 Å². The standard InChI is InChI=1S/C24H36O7/c1-11(2)10-30-20-22-14-7-6-13-12(3)17(26)23(14,18(13)27)24(29,31-20)19(28)16(22)21(4,5)9-8-15(22)25/h11,13-16,18-20,25,27-29H,3,6-10H2,1-2,4-5H3/t13-,14-,15-,16+,18+,19-,20-,22-,23-,24+/m1/s1. The lowest BCUT2D eigenvalue weighted by Gasteiger charge is -2.76. The summed E-state index contributed by atoms with van der Waals surface area (Å²) in [5.74, 6) is -4.17. The molecule has 4 N–H and O–H groups in total. The molecule has 6 aliphatic rings. The van der Waals surface area contributed by atoms with E-state index in [1.54, 1.807) is 0 Å². The number of carbonyl (C=O) groups excluding carboxylic acids is 1. The third kappa shape index (κ3) is 2.19. The Labute approximate surface area is 183 Å². The second kappa shape index (κ2) is 6.39. The summed E-state index contributed by atoms with van der Waals surface area (Å²) in [4.78, 5) is 13.7. The van der Waals surface area contributed by atoms with Gasteiger partial charge in [-0.15, -0.1) is 0 Å². The van der Waals surface area contributed by atoms with Gasteiger partial charge >= 0.3 is 0 Å². The van der Waals surface area contributed by atoms with E-state index in [1.165, 1.54) is 0 Å². The van der Waals surface area contributed by atoms with Crippen LogP contribution in [-0.4, -0.2) is 63.2 Å². The highest BCUT2D eigenvalue weighted by Gasteiger charge is 2.89. The highest BCUT2D eigenvalue weighted by atomic mass is 16.8. The lowest BCUT2D eigenvalue weighted by atomic mass is 9.35. The zero-order valence-electron chi connectivity index (χ0n) is 18.9. The summed E-state index contributed by atoms with van der Waals surface area (Å²) < 4.78 is 12.3. The van der Waals surface area contributed by atoms with Crippen molar-refractivity contribution in [3.8, 4) is 0 Å². The number of carbonyl (C=O) groups is 1. The maximum absolute atomic E-state index is 13.7. The highest BCUT2D eigenvalue weighted by Crippen LogP contribution is 2.78. The molecule has 7 nitrogen and oxygen atoms in total. The van der Waals surface area contributed by atoms with Crippen LogP contribution in [0, 0.1) is 39.9 Å². The van der Waals surface area contributed by atoms with Crippen molar-refractivity contribution in [1.29, 1.82) is 0 Å². The first kappa shape index (κ1) is 22.0. The average molecular weight is 437 g/mol. The number of fused-ring (bicyclic) bond motifs is 2. The Balaban J connectivity index is 1.78. The van der Waals surface area contributed by atoms with Gasteiger partial charge in [0.15, 0.2) is 12.1 Å². The number of aliphatic hydroxyl groups excluding tert-OH is 3. The molecular weight excluding hydrogens is 400 g/mol. The van der Waals surface area contributed by atoms with Crippen LogP contribution >= 0.6 is 0 Å². The van der Waals surface area contributed by atoms with Gasteiger partial charge in [0.05, 0.1) is 24.2 Å². The molecule has 31 heavy (non-hydrogen) atoms. The van der Waals surface area contributed by atoms with Crippen LogP contribution < -0.4 is 0 Å². The van der Waals surface area contributed by atoms with E-state index < -0.39 is 70.2 Å². The summed E-state index contributed by atoms with van der Waals surface area (Å²) >= 11 is 0. The van der Waals surface area contributed by atoms with Crippen molar-refractivity contribution in [3.05, 3.63) is 12.2 Å². The Hall–Kier alpha value is -0.830. The van der Waals surface area contributed by atoms with Crippen molar-refractivity contribution in [1.82, 2.24) is 0 Å². The van der Waals surface area contributed by atoms with Gasteiger partial charge in [-0.1, -0.05) is 34.3 Å². The van der Waals surface area contributed by atoms with Gasteiger partial charge in [0.2, 0.25) is 5.79 Å². The lowest BCUT2D eigenvalue weighted by molar-refractivity contribution is -0.512. The molecule has 0 aromatic carbocycles. The summed E-state index contributed by atoms with van der Waals surface area (Å²) in [7, 11) is 0. The number of hydrogen-bond donors (Lipinski definition) is 4. The highest BCUT2D eigenvalue weighted by molar-refractivity contribution is 6.05.